The minimum atomic E-state index is -0.824. The van der Waals surface area contributed by atoms with Gasteiger partial charge in [-0.2, -0.15) is 0 Å². The summed E-state index contributed by atoms with van der Waals surface area (Å²) in [6, 6.07) is 9.16. The predicted octanol–water partition coefficient (Wildman–Crippen LogP) is 4.73. The smallest absolute Gasteiger partial charge is 0.261 e. The summed E-state index contributed by atoms with van der Waals surface area (Å²) in [5.41, 5.74) is 0.235. The first-order valence-electron chi connectivity index (χ1n) is 11.6. The zero-order valence-corrected chi connectivity index (χ0v) is 20.4. The molecule has 7 rings (SSSR count). The summed E-state index contributed by atoms with van der Waals surface area (Å²) in [5.74, 6) is 1.10. The van der Waals surface area contributed by atoms with Crippen LogP contribution in [0.15, 0.2) is 40.8 Å². The van der Waals surface area contributed by atoms with E-state index >= 15 is 0 Å². The van der Waals surface area contributed by atoms with Crippen LogP contribution in [0.25, 0.3) is 0 Å². The number of aliphatic hydroxyl groups excluding tert-OH is 1. The molecular formula is C25H22Cl2FN3O5. The van der Waals surface area contributed by atoms with Crippen LogP contribution in [-0.4, -0.2) is 32.9 Å². The Labute approximate surface area is 215 Å². The highest BCUT2D eigenvalue weighted by Gasteiger charge is 2.59. The number of benzene rings is 2. The fraction of sp³-hybridized carbons (Fsp3) is 0.400. The molecule has 4 aliphatic rings. The zero-order valence-electron chi connectivity index (χ0n) is 18.9. The lowest BCUT2D eigenvalue weighted by molar-refractivity contribution is -0.133. The number of amides is 1. The maximum Gasteiger partial charge on any atom is 0.261 e. The molecule has 3 fully saturated rings. The van der Waals surface area contributed by atoms with Crippen molar-refractivity contribution in [3.63, 3.8) is 0 Å². The molecule has 0 saturated heterocycles. The van der Waals surface area contributed by atoms with Crippen LogP contribution in [0.5, 0.6) is 11.5 Å². The number of aromatic nitrogens is 2. The molecule has 3 saturated carbocycles. The molecule has 3 atom stereocenters. The van der Waals surface area contributed by atoms with E-state index in [4.69, 9.17) is 37.1 Å². The van der Waals surface area contributed by atoms with Crippen LogP contribution >= 0.6 is 23.2 Å². The van der Waals surface area contributed by atoms with Crippen LogP contribution in [0.1, 0.15) is 55.1 Å². The van der Waals surface area contributed by atoms with Crippen molar-refractivity contribution in [3.8, 4) is 11.5 Å². The number of halogens is 3. The van der Waals surface area contributed by atoms with Gasteiger partial charge in [-0.1, -0.05) is 23.2 Å². The largest absolute Gasteiger partial charge is 0.484 e. The Morgan fingerprint density at radius 1 is 1.19 bits per heavy atom. The molecular weight excluding hydrogens is 512 g/mol. The lowest BCUT2D eigenvalue weighted by Crippen LogP contribution is -2.56. The molecule has 3 aromatic rings. The number of nitrogens with one attached hydrogen (secondary N) is 1. The van der Waals surface area contributed by atoms with E-state index in [0.717, 1.165) is 12.8 Å². The summed E-state index contributed by atoms with van der Waals surface area (Å²) in [6.07, 6.45) is 0.842. The summed E-state index contributed by atoms with van der Waals surface area (Å²) < 4.78 is 30.8. The van der Waals surface area contributed by atoms with E-state index in [1.54, 1.807) is 24.3 Å². The van der Waals surface area contributed by atoms with E-state index in [1.807, 2.05) is 0 Å². The average molecular weight is 534 g/mol. The summed E-state index contributed by atoms with van der Waals surface area (Å²) in [6.45, 7) is 0.00136. The second kappa shape index (κ2) is 8.90. The molecule has 2 aromatic carbocycles. The molecule has 1 aliphatic heterocycles. The number of nitrogens with zero attached hydrogens (tertiary/aromatic N) is 2. The fourth-order valence-electron chi connectivity index (χ4n) is 5.53. The van der Waals surface area contributed by atoms with Gasteiger partial charge in [-0.15, -0.1) is 10.2 Å². The monoisotopic (exact) mass is 533 g/mol. The van der Waals surface area contributed by atoms with Crippen molar-refractivity contribution < 1.29 is 28.2 Å². The fourth-order valence-corrected chi connectivity index (χ4v) is 5.83. The number of rotatable bonds is 6. The number of hydrogen-bond acceptors (Lipinski definition) is 7. The maximum atomic E-state index is 13.6. The third-order valence-corrected chi connectivity index (χ3v) is 7.80. The van der Waals surface area contributed by atoms with Crippen molar-refractivity contribution in [2.45, 2.75) is 56.0 Å². The van der Waals surface area contributed by atoms with Crippen molar-refractivity contribution in [2.24, 2.45) is 5.92 Å². The Bertz CT molecular complexity index is 1330. The van der Waals surface area contributed by atoms with E-state index in [2.05, 4.69) is 15.5 Å². The molecule has 2 heterocycles. The van der Waals surface area contributed by atoms with Gasteiger partial charge < -0.3 is 24.3 Å². The van der Waals surface area contributed by atoms with Gasteiger partial charge in [-0.05, 0) is 55.5 Å². The third kappa shape index (κ3) is 4.29. The van der Waals surface area contributed by atoms with Crippen LogP contribution in [0, 0.1) is 11.7 Å². The SMILES string of the molecule is O=C(NC12CC(C1)C(c1nnc(COc3ccc(Cl)c(F)c3)o1)C2)[C@@H]1C[C@H](O)c2cc(Cl)ccc2O1. The number of carbonyl (C=O) groups excluding carboxylic acids is 1. The second-order valence-corrected chi connectivity index (χ2v) is 10.5. The van der Waals surface area contributed by atoms with Crippen molar-refractivity contribution in [1.29, 1.82) is 0 Å². The van der Waals surface area contributed by atoms with Crippen molar-refractivity contribution >= 4 is 29.1 Å². The lowest BCUT2D eigenvalue weighted by Gasteiger charge is -2.40. The number of fused-ring (bicyclic) bond motifs is 2. The molecule has 11 heteroatoms. The van der Waals surface area contributed by atoms with E-state index in [1.165, 1.54) is 12.1 Å². The predicted molar refractivity (Wildman–Crippen MR) is 126 cm³/mol. The summed E-state index contributed by atoms with van der Waals surface area (Å²) >= 11 is 11.7. The first-order chi connectivity index (χ1) is 17.3. The van der Waals surface area contributed by atoms with Crippen molar-refractivity contribution in [3.05, 3.63) is 69.6 Å². The van der Waals surface area contributed by atoms with Gasteiger partial charge in [0, 0.05) is 34.5 Å². The Balaban J connectivity index is 1.06. The Morgan fingerprint density at radius 2 is 2.03 bits per heavy atom. The summed E-state index contributed by atoms with van der Waals surface area (Å²) in [4.78, 5) is 13.0. The molecule has 1 unspecified atom stereocenters. The third-order valence-electron chi connectivity index (χ3n) is 7.26. The van der Waals surface area contributed by atoms with Crippen LogP contribution in [0.2, 0.25) is 10.0 Å². The molecule has 0 spiro atoms. The number of hydrogen-bond donors (Lipinski definition) is 2. The number of ether oxygens (including phenoxy) is 2. The van der Waals surface area contributed by atoms with Crippen LogP contribution < -0.4 is 14.8 Å². The molecule has 1 amide bonds. The van der Waals surface area contributed by atoms with Gasteiger partial charge in [0.2, 0.25) is 5.89 Å². The van der Waals surface area contributed by atoms with Crippen molar-refractivity contribution in [1.82, 2.24) is 15.5 Å². The number of carbonyl (C=O) groups is 1. The van der Waals surface area contributed by atoms with Gasteiger partial charge in [0.15, 0.2) is 12.7 Å². The summed E-state index contributed by atoms with van der Waals surface area (Å²) in [7, 11) is 0. The standard InChI is InChI=1S/C25H22Cl2FN3O5/c26-13-1-4-20-15(5-13)19(32)7-21(35-20)23(33)29-25-8-12(9-25)16(10-25)24-31-30-22(36-24)11-34-14-2-3-17(27)18(28)6-14/h1-6,12,16,19,21,32H,7-11H2,(H,29,33)/t12?,16?,19-,21-,25?/m0/s1. The van der Waals surface area contributed by atoms with E-state index < -0.39 is 18.0 Å². The van der Waals surface area contributed by atoms with Gasteiger partial charge in [0.25, 0.3) is 11.8 Å². The van der Waals surface area contributed by atoms with Crippen LogP contribution in [0.3, 0.4) is 0 Å². The molecule has 36 heavy (non-hydrogen) atoms. The first-order valence-corrected chi connectivity index (χ1v) is 12.4. The van der Waals surface area contributed by atoms with Gasteiger partial charge in [0.1, 0.15) is 17.3 Å². The Morgan fingerprint density at radius 3 is 2.83 bits per heavy atom. The molecule has 3 aliphatic carbocycles. The minimum absolute atomic E-state index is 0.00136. The van der Waals surface area contributed by atoms with E-state index in [-0.39, 0.29) is 41.3 Å². The van der Waals surface area contributed by atoms with Crippen molar-refractivity contribution in [2.75, 3.05) is 0 Å². The molecule has 2 N–H and O–H groups in total. The molecule has 1 aromatic heterocycles. The first kappa shape index (κ1) is 23.5. The van der Waals surface area contributed by atoms with E-state index in [9.17, 15) is 14.3 Å². The second-order valence-electron chi connectivity index (χ2n) is 9.69. The molecule has 2 bridgehead atoms. The quantitative estimate of drug-likeness (QED) is 0.471. The van der Waals surface area contributed by atoms with Gasteiger partial charge in [0.05, 0.1) is 11.1 Å². The maximum absolute atomic E-state index is 13.6. The molecule has 0 radical (unpaired) electrons. The van der Waals surface area contributed by atoms with Crippen LogP contribution in [0.4, 0.5) is 4.39 Å². The highest BCUT2D eigenvalue weighted by Crippen LogP contribution is 2.59. The topological polar surface area (TPSA) is 107 Å². The number of aliphatic hydroxyl groups is 1. The average Bonchev–Trinajstić information content (AvgIpc) is 3.53. The normalized spacial score (nSPS) is 28.1. The van der Waals surface area contributed by atoms with E-state index in [0.29, 0.717) is 40.3 Å². The van der Waals surface area contributed by atoms with Gasteiger partial charge in [-0.3, -0.25) is 4.79 Å². The highest BCUT2D eigenvalue weighted by atomic mass is 35.5. The Kier molecular flexibility index (Phi) is 5.81. The zero-order chi connectivity index (χ0) is 25.0. The Hall–Kier alpha value is -2.88. The summed E-state index contributed by atoms with van der Waals surface area (Å²) in [5, 5.41) is 22.4. The minimum Gasteiger partial charge on any atom is -0.484 e. The van der Waals surface area contributed by atoms with Gasteiger partial charge >= 0.3 is 0 Å². The molecule has 188 valence electrons. The van der Waals surface area contributed by atoms with Gasteiger partial charge in [-0.25, -0.2) is 4.39 Å². The molecule has 8 nitrogen and oxygen atoms in total. The lowest BCUT2D eigenvalue weighted by atomic mass is 9.76. The highest BCUT2D eigenvalue weighted by molar-refractivity contribution is 6.31. The van der Waals surface area contributed by atoms with Crippen LogP contribution in [-0.2, 0) is 11.4 Å².